The Hall–Kier alpha value is -2.14. The van der Waals surface area contributed by atoms with Crippen molar-refractivity contribution in [1.82, 2.24) is 4.98 Å². The van der Waals surface area contributed by atoms with Crippen LogP contribution in [0, 0.1) is 12.7 Å². The lowest BCUT2D eigenvalue weighted by Gasteiger charge is -2.09. The van der Waals surface area contributed by atoms with Crippen molar-refractivity contribution >= 4 is 23.4 Å². The molecule has 0 aliphatic rings. The monoisotopic (exact) mass is 308 g/mol. The molecule has 0 atom stereocenters. The molecule has 0 unspecified atom stereocenters. The Kier molecular flexibility index (Phi) is 4.75. The first kappa shape index (κ1) is 15.3. The number of carbonyl (C=O) groups is 1. The van der Waals surface area contributed by atoms with Crippen LogP contribution in [0.3, 0.4) is 0 Å². The molecular formula is C15H14ClFN2O2. The second kappa shape index (κ2) is 6.54. The molecule has 1 heterocycles. The highest BCUT2D eigenvalue weighted by molar-refractivity contribution is 6.33. The average Bonchev–Trinajstić information content (AvgIpc) is 2.42. The molecule has 0 radical (unpaired) electrons. The van der Waals surface area contributed by atoms with Gasteiger partial charge in [-0.15, -0.1) is 0 Å². The van der Waals surface area contributed by atoms with Crippen molar-refractivity contribution in [2.75, 3.05) is 11.9 Å². The zero-order chi connectivity index (χ0) is 15.4. The van der Waals surface area contributed by atoms with Crippen molar-refractivity contribution in [2.45, 2.75) is 13.3 Å². The first-order chi connectivity index (χ1) is 9.97. The van der Waals surface area contributed by atoms with Crippen molar-refractivity contribution in [3.8, 4) is 0 Å². The fourth-order valence-corrected chi connectivity index (χ4v) is 2.15. The average molecular weight is 309 g/mol. The molecule has 0 saturated carbocycles. The maximum Gasteiger partial charge on any atom is 0.337 e. The molecule has 0 aliphatic heterocycles. The Morgan fingerprint density at radius 2 is 2.19 bits per heavy atom. The summed E-state index contributed by atoms with van der Waals surface area (Å²) >= 11 is 5.75. The predicted octanol–water partition coefficient (Wildman–Crippen LogP) is 3.54. The number of halogens is 2. The van der Waals surface area contributed by atoms with Gasteiger partial charge in [0.15, 0.2) is 0 Å². The third kappa shape index (κ3) is 3.92. The molecule has 2 N–H and O–H groups in total. The minimum Gasteiger partial charge on any atom is -0.478 e. The maximum absolute atomic E-state index is 13.0. The zero-order valence-corrected chi connectivity index (χ0v) is 12.1. The van der Waals surface area contributed by atoms with E-state index in [2.05, 4.69) is 10.3 Å². The fourth-order valence-electron chi connectivity index (χ4n) is 1.96. The van der Waals surface area contributed by atoms with E-state index in [9.17, 15) is 9.18 Å². The first-order valence-corrected chi connectivity index (χ1v) is 6.73. The van der Waals surface area contributed by atoms with Gasteiger partial charge in [0.1, 0.15) is 11.6 Å². The summed E-state index contributed by atoms with van der Waals surface area (Å²) < 4.78 is 13.0. The van der Waals surface area contributed by atoms with Gasteiger partial charge in [-0.2, -0.15) is 0 Å². The number of carboxylic acid groups (broad SMARTS) is 1. The van der Waals surface area contributed by atoms with Gasteiger partial charge < -0.3 is 10.4 Å². The Labute approximate surface area is 126 Å². The molecule has 0 aliphatic carbocycles. The zero-order valence-electron chi connectivity index (χ0n) is 11.4. The van der Waals surface area contributed by atoms with Crippen LogP contribution in [-0.4, -0.2) is 22.6 Å². The van der Waals surface area contributed by atoms with Crippen LogP contribution >= 0.6 is 11.6 Å². The first-order valence-electron chi connectivity index (χ1n) is 6.35. The SMILES string of the molecule is Cc1cc(F)ccc1CCNc1cc(C(=O)O)c(Cl)cn1. The Morgan fingerprint density at radius 1 is 1.43 bits per heavy atom. The van der Waals surface area contributed by atoms with Gasteiger partial charge in [-0.25, -0.2) is 14.2 Å². The van der Waals surface area contributed by atoms with Gasteiger partial charge in [0, 0.05) is 12.7 Å². The maximum atomic E-state index is 13.0. The Balaban J connectivity index is 2.00. The van der Waals surface area contributed by atoms with Gasteiger partial charge >= 0.3 is 5.97 Å². The summed E-state index contributed by atoms with van der Waals surface area (Å²) in [5.74, 6) is -0.911. The highest BCUT2D eigenvalue weighted by Gasteiger charge is 2.10. The van der Waals surface area contributed by atoms with Crippen LogP contribution < -0.4 is 5.32 Å². The van der Waals surface area contributed by atoms with Crippen LogP contribution in [0.1, 0.15) is 21.5 Å². The lowest BCUT2D eigenvalue weighted by Crippen LogP contribution is -2.08. The van der Waals surface area contributed by atoms with Gasteiger partial charge in [-0.05, 0) is 42.7 Å². The molecule has 0 saturated heterocycles. The topological polar surface area (TPSA) is 62.2 Å². The largest absolute Gasteiger partial charge is 0.478 e. The van der Waals surface area contributed by atoms with E-state index >= 15 is 0 Å². The third-order valence-corrected chi connectivity index (χ3v) is 3.39. The van der Waals surface area contributed by atoms with Gasteiger partial charge in [0.05, 0.1) is 10.6 Å². The van der Waals surface area contributed by atoms with Crippen LogP contribution in [-0.2, 0) is 6.42 Å². The van der Waals surface area contributed by atoms with Crippen molar-refractivity contribution in [2.24, 2.45) is 0 Å². The molecule has 0 bridgehead atoms. The Bertz CT molecular complexity index is 677. The van der Waals surface area contributed by atoms with Crippen LogP contribution in [0.2, 0.25) is 5.02 Å². The van der Waals surface area contributed by atoms with E-state index < -0.39 is 5.97 Å². The highest BCUT2D eigenvalue weighted by atomic mass is 35.5. The number of carboxylic acids is 1. The van der Waals surface area contributed by atoms with Crippen LogP contribution in [0.5, 0.6) is 0 Å². The molecule has 0 amide bonds. The molecule has 0 spiro atoms. The van der Waals surface area contributed by atoms with Crippen molar-refractivity contribution in [3.05, 3.63) is 58.0 Å². The standard InChI is InChI=1S/C15H14ClFN2O2/c1-9-6-11(17)3-2-10(9)4-5-18-14-7-12(15(20)21)13(16)8-19-14/h2-3,6-8H,4-5H2,1H3,(H,18,19)(H,20,21). The molecule has 110 valence electrons. The van der Waals surface area contributed by atoms with Crippen LogP contribution in [0.15, 0.2) is 30.5 Å². The van der Waals surface area contributed by atoms with E-state index in [1.54, 1.807) is 6.07 Å². The molecule has 4 nitrogen and oxygen atoms in total. The minimum atomic E-state index is -1.10. The van der Waals surface area contributed by atoms with Gasteiger partial charge in [-0.1, -0.05) is 17.7 Å². The van der Waals surface area contributed by atoms with Crippen LogP contribution in [0.25, 0.3) is 0 Å². The smallest absolute Gasteiger partial charge is 0.337 e. The number of aromatic carboxylic acids is 1. The van der Waals surface area contributed by atoms with Gasteiger partial charge in [0.2, 0.25) is 0 Å². The number of benzene rings is 1. The molecule has 1 aromatic carbocycles. The number of nitrogens with zero attached hydrogens (tertiary/aromatic N) is 1. The number of nitrogens with one attached hydrogen (secondary N) is 1. The number of pyridine rings is 1. The number of anilines is 1. The summed E-state index contributed by atoms with van der Waals surface area (Å²) in [5, 5.41) is 12.1. The molecular weight excluding hydrogens is 295 g/mol. The van der Waals surface area contributed by atoms with E-state index in [1.807, 2.05) is 6.92 Å². The van der Waals surface area contributed by atoms with Crippen LogP contribution in [0.4, 0.5) is 10.2 Å². The van der Waals surface area contributed by atoms with Crippen molar-refractivity contribution in [3.63, 3.8) is 0 Å². The molecule has 2 rings (SSSR count). The lowest BCUT2D eigenvalue weighted by atomic mass is 10.1. The molecule has 21 heavy (non-hydrogen) atoms. The summed E-state index contributed by atoms with van der Waals surface area (Å²) in [5.41, 5.74) is 1.91. The minimum absolute atomic E-state index is 0.00660. The highest BCUT2D eigenvalue weighted by Crippen LogP contribution is 2.18. The lowest BCUT2D eigenvalue weighted by molar-refractivity contribution is 0.0697. The normalized spacial score (nSPS) is 10.4. The second-order valence-corrected chi connectivity index (χ2v) is 5.01. The number of rotatable bonds is 5. The summed E-state index contributed by atoms with van der Waals surface area (Å²) in [6.07, 6.45) is 1.98. The number of hydrogen-bond donors (Lipinski definition) is 2. The summed E-state index contributed by atoms with van der Waals surface area (Å²) in [7, 11) is 0. The third-order valence-electron chi connectivity index (χ3n) is 3.09. The second-order valence-electron chi connectivity index (χ2n) is 4.60. The van der Waals surface area contributed by atoms with Crippen molar-refractivity contribution in [1.29, 1.82) is 0 Å². The molecule has 1 aromatic heterocycles. The molecule has 2 aromatic rings. The molecule has 0 fully saturated rings. The summed E-state index contributed by atoms with van der Waals surface area (Å²) in [6.45, 7) is 2.40. The fraction of sp³-hybridized carbons (Fsp3) is 0.200. The number of hydrogen-bond acceptors (Lipinski definition) is 3. The Morgan fingerprint density at radius 3 is 2.86 bits per heavy atom. The van der Waals surface area contributed by atoms with E-state index in [0.29, 0.717) is 18.8 Å². The molecule has 6 heteroatoms. The van der Waals surface area contributed by atoms with Gasteiger partial charge in [-0.3, -0.25) is 0 Å². The predicted molar refractivity (Wildman–Crippen MR) is 79.5 cm³/mol. The van der Waals surface area contributed by atoms with Crippen molar-refractivity contribution < 1.29 is 14.3 Å². The van der Waals surface area contributed by atoms with E-state index in [0.717, 1.165) is 11.1 Å². The number of aryl methyl sites for hydroxylation is 1. The number of aromatic nitrogens is 1. The quantitative estimate of drug-likeness (QED) is 0.887. The van der Waals surface area contributed by atoms with E-state index in [4.69, 9.17) is 16.7 Å². The summed E-state index contributed by atoms with van der Waals surface area (Å²) in [6, 6.07) is 6.04. The van der Waals surface area contributed by atoms with E-state index in [-0.39, 0.29) is 16.4 Å². The van der Waals surface area contributed by atoms with Gasteiger partial charge in [0.25, 0.3) is 0 Å². The van der Waals surface area contributed by atoms with E-state index in [1.165, 1.54) is 24.4 Å². The summed E-state index contributed by atoms with van der Waals surface area (Å²) in [4.78, 5) is 15.0.